The standard InChI is InChI=1S/C21H26N12O7/c22-19-28-14-12(16(36)30-19)25-5-32(14)11-2-8(10(4-34)40-11)27-21(38)24-3-7-1-9(35)18(39-7)33-6-26-13-15(33)29-20(23)31-17(13)37/h5-11,18,34-35H,1-4H2,(H2,24,27,38)(H3,22,28,30,36)(H3,23,29,31,37)/t7-,8-,9+,10+,11+,18+/m0/s1. The van der Waals surface area contributed by atoms with Gasteiger partial charge >= 0.3 is 6.03 Å². The topological polar surface area (TPSA) is 279 Å². The van der Waals surface area contributed by atoms with Crippen molar-refractivity contribution in [3.63, 3.8) is 0 Å². The molecule has 0 radical (unpaired) electrons. The van der Waals surface area contributed by atoms with Crippen molar-refractivity contribution in [1.29, 1.82) is 0 Å². The Bertz CT molecular complexity index is 1690. The van der Waals surface area contributed by atoms with E-state index in [0.29, 0.717) is 0 Å². The molecule has 10 N–H and O–H groups in total. The van der Waals surface area contributed by atoms with Crippen LogP contribution in [0.25, 0.3) is 22.3 Å². The summed E-state index contributed by atoms with van der Waals surface area (Å²) in [6, 6.07) is -1.13. The minimum absolute atomic E-state index is 0.0521. The Labute approximate surface area is 222 Å². The van der Waals surface area contributed by atoms with Gasteiger partial charge in [0.1, 0.15) is 18.4 Å². The number of amides is 2. The molecule has 0 spiro atoms. The number of aliphatic hydroxyl groups excluding tert-OH is 2. The summed E-state index contributed by atoms with van der Waals surface area (Å²) in [7, 11) is 0. The molecule has 2 amide bonds. The number of fused-ring (bicyclic) bond motifs is 2. The van der Waals surface area contributed by atoms with Crippen LogP contribution in [-0.2, 0) is 9.47 Å². The van der Waals surface area contributed by atoms with Gasteiger partial charge in [-0.25, -0.2) is 14.8 Å². The van der Waals surface area contributed by atoms with Gasteiger partial charge in [-0.05, 0) is 0 Å². The molecule has 40 heavy (non-hydrogen) atoms. The zero-order valence-electron chi connectivity index (χ0n) is 20.7. The number of nitrogens with zero attached hydrogens (tertiary/aromatic N) is 6. The number of hydrogen-bond acceptors (Lipinski definition) is 13. The van der Waals surface area contributed by atoms with Gasteiger partial charge in [-0.2, -0.15) is 9.97 Å². The van der Waals surface area contributed by atoms with Gasteiger partial charge in [-0.3, -0.25) is 28.7 Å². The molecule has 2 saturated heterocycles. The Balaban J connectivity index is 1.08. The summed E-state index contributed by atoms with van der Waals surface area (Å²) in [6.45, 7) is -0.314. The fourth-order valence-electron chi connectivity index (χ4n) is 5.04. The van der Waals surface area contributed by atoms with Crippen LogP contribution in [0.1, 0.15) is 25.3 Å². The lowest BCUT2D eigenvalue weighted by molar-refractivity contribution is -0.0336. The maximum absolute atomic E-state index is 12.7. The van der Waals surface area contributed by atoms with E-state index in [1.54, 1.807) is 0 Å². The number of carbonyl (C=O) groups excluding carboxylic acids is 1. The monoisotopic (exact) mass is 558 g/mol. The summed E-state index contributed by atoms with van der Waals surface area (Å²) >= 11 is 0. The highest BCUT2D eigenvalue weighted by atomic mass is 16.5. The van der Waals surface area contributed by atoms with E-state index in [-0.39, 0.29) is 60.2 Å². The largest absolute Gasteiger partial charge is 0.394 e. The molecule has 2 aliphatic rings. The first-order valence-electron chi connectivity index (χ1n) is 12.3. The molecule has 0 saturated carbocycles. The van der Waals surface area contributed by atoms with Crippen LogP contribution in [-0.4, -0.2) is 92.8 Å². The lowest BCUT2D eigenvalue weighted by Crippen LogP contribution is -2.48. The maximum atomic E-state index is 12.7. The van der Waals surface area contributed by atoms with Gasteiger partial charge in [0.05, 0.1) is 31.4 Å². The number of nitrogens with one attached hydrogen (secondary N) is 4. The van der Waals surface area contributed by atoms with E-state index >= 15 is 0 Å². The number of anilines is 2. The molecular formula is C21H26N12O7. The van der Waals surface area contributed by atoms with Crippen molar-refractivity contribution in [2.24, 2.45) is 0 Å². The predicted molar refractivity (Wildman–Crippen MR) is 136 cm³/mol. The minimum atomic E-state index is -0.961. The van der Waals surface area contributed by atoms with E-state index < -0.39 is 54.0 Å². The van der Waals surface area contributed by atoms with Gasteiger partial charge in [0.2, 0.25) is 11.9 Å². The average Bonchev–Trinajstić information content (AvgIpc) is 3.67. The molecule has 2 aliphatic heterocycles. The van der Waals surface area contributed by atoms with Gasteiger partial charge in [0.25, 0.3) is 11.1 Å². The van der Waals surface area contributed by atoms with Crippen molar-refractivity contribution in [3.8, 4) is 0 Å². The molecule has 0 bridgehead atoms. The van der Waals surface area contributed by atoms with Gasteiger partial charge < -0.3 is 41.8 Å². The number of ether oxygens (including phenoxy) is 2. The molecule has 19 nitrogen and oxygen atoms in total. The fraction of sp³-hybridized carbons (Fsp3) is 0.476. The third kappa shape index (κ3) is 4.49. The lowest BCUT2D eigenvalue weighted by Gasteiger charge is -2.19. The van der Waals surface area contributed by atoms with Crippen LogP contribution in [0.3, 0.4) is 0 Å². The molecule has 4 aromatic rings. The Morgan fingerprint density at radius 3 is 2.30 bits per heavy atom. The summed E-state index contributed by atoms with van der Waals surface area (Å²) < 4.78 is 14.7. The van der Waals surface area contributed by atoms with Gasteiger partial charge in [-0.1, -0.05) is 0 Å². The Hall–Kier alpha value is -4.59. The van der Waals surface area contributed by atoms with E-state index in [4.69, 9.17) is 20.9 Å². The third-order valence-electron chi connectivity index (χ3n) is 6.87. The van der Waals surface area contributed by atoms with Crippen molar-refractivity contribution in [2.45, 2.75) is 49.7 Å². The van der Waals surface area contributed by atoms with Crippen LogP contribution < -0.4 is 33.2 Å². The molecule has 19 heteroatoms. The van der Waals surface area contributed by atoms with E-state index in [1.165, 1.54) is 21.8 Å². The molecule has 0 unspecified atom stereocenters. The summed E-state index contributed by atoms with van der Waals surface area (Å²) in [5.74, 6) is -0.182. The van der Waals surface area contributed by atoms with Gasteiger partial charge in [-0.15, -0.1) is 0 Å². The number of rotatable bonds is 6. The van der Waals surface area contributed by atoms with Crippen molar-refractivity contribution < 1.29 is 24.5 Å². The third-order valence-corrected chi connectivity index (χ3v) is 6.87. The van der Waals surface area contributed by atoms with E-state index in [2.05, 4.69) is 40.5 Å². The second-order valence-corrected chi connectivity index (χ2v) is 9.51. The van der Waals surface area contributed by atoms with Gasteiger partial charge in [0, 0.05) is 19.4 Å². The highest BCUT2D eigenvalue weighted by molar-refractivity contribution is 5.74. The van der Waals surface area contributed by atoms with Crippen molar-refractivity contribution in [3.05, 3.63) is 33.4 Å². The van der Waals surface area contributed by atoms with Crippen molar-refractivity contribution >= 4 is 40.3 Å². The highest BCUT2D eigenvalue weighted by Crippen LogP contribution is 2.31. The maximum Gasteiger partial charge on any atom is 0.315 e. The second-order valence-electron chi connectivity index (χ2n) is 9.51. The Kier molecular flexibility index (Phi) is 6.33. The number of nitrogens with two attached hydrogens (primary N) is 2. The number of hydrogen-bond donors (Lipinski definition) is 8. The van der Waals surface area contributed by atoms with E-state index in [1.807, 2.05) is 0 Å². The molecule has 0 aliphatic carbocycles. The summed E-state index contributed by atoms with van der Waals surface area (Å²) in [5.41, 5.74) is 10.8. The van der Waals surface area contributed by atoms with Crippen molar-refractivity contribution in [1.82, 2.24) is 49.7 Å². The Morgan fingerprint density at radius 2 is 1.65 bits per heavy atom. The molecule has 2 fully saturated rings. The molecule has 6 rings (SSSR count). The summed E-state index contributed by atoms with van der Waals surface area (Å²) in [4.78, 5) is 57.9. The SMILES string of the molecule is Nc1nc2c(ncn2[C@@H]2O[C@H](CNC(=O)N[C@H]3C[C@H](n4cnc5c(=O)[nH]c(N)nc54)O[C@@H]3CO)C[C@H]2O)c(=O)[nH]1. The lowest BCUT2D eigenvalue weighted by atomic mass is 10.1. The number of H-pyrrole nitrogens is 2. The van der Waals surface area contributed by atoms with Crippen molar-refractivity contribution in [2.75, 3.05) is 24.6 Å². The average molecular weight is 559 g/mol. The number of aliphatic hydroxyl groups is 2. The van der Waals surface area contributed by atoms with Crippen LogP contribution in [0.5, 0.6) is 0 Å². The number of nitrogen functional groups attached to an aromatic ring is 2. The number of aromatic nitrogens is 8. The second kappa shape index (κ2) is 9.86. The van der Waals surface area contributed by atoms with E-state index in [0.717, 1.165) is 0 Å². The summed E-state index contributed by atoms with van der Waals surface area (Å²) in [6.07, 6.45) is -0.658. The summed E-state index contributed by atoms with van der Waals surface area (Å²) in [5, 5.41) is 25.9. The van der Waals surface area contributed by atoms with Crippen LogP contribution in [0.2, 0.25) is 0 Å². The normalized spacial score (nSPS) is 26.6. The predicted octanol–water partition coefficient (Wildman–Crippen LogP) is -2.99. The molecule has 6 atom stereocenters. The Morgan fingerprint density at radius 1 is 1.02 bits per heavy atom. The van der Waals surface area contributed by atoms with Crippen LogP contribution in [0, 0.1) is 0 Å². The molecule has 0 aromatic carbocycles. The fourth-order valence-corrected chi connectivity index (χ4v) is 5.04. The number of aromatic amines is 2. The molecule has 212 valence electrons. The van der Waals surface area contributed by atoms with Crippen LogP contribution in [0.15, 0.2) is 22.2 Å². The van der Waals surface area contributed by atoms with Crippen LogP contribution in [0.4, 0.5) is 16.7 Å². The minimum Gasteiger partial charge on any atom is -0.394 e. The van der Waals surface area contributed by atoms with E-state index in [9.17, 15) is 24.6 Å². The smallest absolute Gasteiger partial charge is 0.315 e. The quantitative estimate of drug-likeness (QED) is 0.117. The zero-order chi connectivity index (χ0) is 28.1. The number of urea groups is 1. The molecule has 6 heterocycles. The molecule has 4 aromatic heterocycles. The highest BCUT2D eigenvalue weighted by Gasteiger charge is 2.39. The number of carbonyl (C=O) groups is 1. The van der Waals surface area contributed by atoms with Crippen LogP contribution >= 0.6 is 0 Å². The first kappa shape index (κ1) is 25.7. The first-order valence-corrected chi connectivity index (χ1v) is 12.3. The first-order chi connectivity index (χ1) is 19.2. The number of imidazole rings is 2. The molecular weight excluding hydrogens is 532 g/mol. The zero-order valence-corrected chi connectivity index (χ0v) is 20.7. The van der Waals surface area contributed by atoms with Gasteiger partial charge in [0.15, 0.2) is 28.6 Å².